The summed E-state index contributed by atoms with van der Waals surface area (Å²) in [6, 6.07) is 5.83. The number of H-pyrrole nitrogens is 1. The molecule has 0 aliphatic rings. The lowest BCUT2D eigenvalue weighted by atomic mass is 10.1. The number of carbonyl (C=O) groups is 1. The van der Waals surface area contributed by atoms with Gasteiger partial charge in [-0.15, -0.1) is 0 Å². The molecule has 3 N–H and O–H groups in total. The molecule has 2 rings (SSSR count). The van der Waals surface area contributed by atoms with E-state index in [1.165, 1.54) is 12.5 Å². The Bertz CT molecular complexity index is 575. The quantitative estimate of drug-likeness (QED) is 0.638. The zero-order chi connectivity index (χ0) is 13.8. The van der Waals surface area contributed by atoms with E-state index in [0.717, 1.165) is 17.3 Å². The maximum absolute atomic E-state index is 10.6. The number of aromatic nitrogens is 1. The highest BCUT2D eigenvalue weighted by atomic mass is 16.7. The molecule has 0 amide bonds. The lowest BCUT2D eigenvalue weighted by Gasteiger charge is -2.06. The highest BCUT2D eigenvalue weighted by Crippen LogP contribution is 2.24. The molecule has 0 radical (unpaired) electrons. The van der Waals surface area contributed by atoms with E-state index in [9.17, 15) is 4.79 Å². The van der Waals surface area contributed by atoms with Crippen molar-refractivity contribution in [3.05, 3.63) is 30.0 Å². The maximum Gasteiger partial charge on any atom is 0.305 e. The van der Waals surface area contributed by atoms with Gasteiger partial charge in [0.2, 0.25) is 6.79 Å². The van der Waals surface area contributed by atoms with Gasteiger partial charge in [-0.3, -0.25) is 4.79 Å². The second kappa shape index (κ2) is 5.75. The van der Waals surface area contributed by atoms with Crippen LogP contribution in [-0.4, -0.2) is 23.8 Å². The van der Waals surface area contributed by atoms with E-state index in [1.54, 1.807) is 0 Å². The highest BCUT2D eigenvalue weighted by Gasteiger charge is 2.07. The molecule has 19 heavy (non-hydrogen) atoms. The number of nitrogens with one attached hydrogen (secondary N) is 1. The third-order valence-electron chi connectivity index (χ3n) is 2.77. The Morgan fingerprint density at radius 3 is 2.95 bits per heavy atom. The summed E-state index contributed by atoms with van der Waals surface area (Å²) in [5, 5.41) is 1.14. The number of nitrogens with two attached hydrogens (primary N) is 1. The van der Waals surface area contributed by atoms with Gasteiger partial charge in [0.25, 0.3) is 0 Å². The van der Waals surface area contributed by atoms with Crippen molar-refractivity contribution in [1.29, 1.82) is 0 Å². The number of hydrogen-bond acceptors (Lipinski definition) is 4. The van der Waals surface area contributed by atoms with Crippen LogP contribution in [0.2, 0.25) is 0 Å². The Labute approximate surface area is 111 Å². The minimum absolute atomic E-state index is 0.0752. The molecule has 1 atom stereocenters. The summed E-state index contributed by atoms with van der Waals surface area (Å²) in [6.07, 6.45) is 2.79. The number of carbonyl (C=O) groups excluding carboxylic acids is 1. The fourth-order valence-corrected chi connectivity index (χ4v) is 1.95. The minimum Gasteiger partial charge on any atom is -0.457 e. The summed E-state index contributed by atoms with van der Waals surface area (Å²) in [5.41, 5.74) is 7.99. The summed E-state index contributed by atoms with van der Waals surface area (Å²) < 4.78 is 10.1. The fourth-order valence-electron chi connectivity index (χ4n) is 1.95. The van der Waals surface area contributed by atoms with E-state index in [4.69, 9.17) is 15.2 Å². The van der Waals surface area contributed by atoms with Crippen LogP contribution in [0.5, 0.6) is 5.75 Å². The van der Waals surface area contributed by atoms with Gasteiger partial charge >= 0.3 is 5.97 Å². The van der Waals surface area contributed by atoms with Gasteiger partial charge in [-0.05, 0) is 31.0 Å². The van der Waals surface area contributed by atoms with Crippen LogP contribution >= 0.6 is 0 Å². The van der Waals surface area contributed by atoms with Gasteiger partial charge in [0, 0.05) is 36.1 Å². The van der Waals surface area contributed by atoms with Gasteiger partial charge < -0.3 is 20.2 Å². The van der Waals surface area contributed by atoms with Crippen LogP contribution in [-0.2, 0) is 16.0 Å². The Kier molecular flexibility index (Phi) is 4.06. The summed E-state index contributed by atoms with van der Waals surface area (Å²) in [4.78, 5) is 13.8. The molecule has 1 heterocycles. The molecule has 5 nitrogen and oxygen atoms in total. The standard InChI is InChI=1S/C14H18N2O3/c1-9(15)5-11-7-16-14-6-12(3-4-13(11)14)19-8-18-10(2)17/h3-4,6-7,9,16H,5,8,15H2,1-2H3. The first-order valence-electron chi connectivity index (χ1n) is 6.18. The van der Waals surface area contributed by atoms with Gasteiger partial charge in [0.15, 0.2) is 0 Å². The largest absolute Gasteiger partial charge is 0.457 e. The number of benzene rings is 1. The molecule has 0 bridgehead atoms. The third kappa shape index (κ3) is 3.48. The van der Waals surface area contributed by atoms with Crippen molar-refractivity contribution in [1.82, 2.24) is 4.98 Å². The van der Waals surface area contributed by atoms with Crippen LogP contribution in [0.3, 0.4) is 0 Å². The zero-order valence-electron chi connectivity index (χ0n) is 11.1. The van der Waals surface area contributed by atoms with Crippen LogP contribution in [0, 0.1) is 0 Å². The Morgan fingerprint density at radius 1 is 1.47 bits per heavy atom. The first-order chi connectivity index (χ1) is 9.06. The van der Waals surface area contributed by atoms with Crippen LogP contribution in [0.15, 0.2) is 24.4 Å². The van der Waals surface area contributed by atoms with Gasteiger partial charge in [-0.25, -0.2) is 0 Å². The molecule has 0 saturated carbocycles. The lowest BCUT2D eigenvalue weighted by molar-refractivity contribution is -0.147. The summed E-state index contributed by atoms with van der Waals surface area (Å²) >= 11 is 0. The average Bonchev–Trinajstić information content (AvgIpc) is 2.71. The Hall–Kier alpha value is -2.01. The number of fused-ring (bicyclic) bond motifs is 1. The molecule has 0 fully saturated rings. The van der Waals surface area contributed by atoms with Gasteiger partial charge in [-0.2, -0.15) is 0 Å². The molecule has 0 saturated heterocycles. The van der Waals surface area contributed by atoms with Crippen molar-refractivity contribution >= 4 is 16.9 Å². The Balaban J connectivity index is 2.11. The number of aromatic amines is 1. The third-order valence-corrected chi connectivity index (χ3v) is 2.77. The first-order valence-corrected chi connectivity index (χ1v) is 6.18. The molecule has 102 valence electrons. The average molecular weight is 262 g/mol. The van der Waals surface area contributed by atoms with Crippen LogP contribution in [0.4, 0.5) is 0 Å². The second-order valence-corrected chi connectivity index (χ2v) is 4.60. The van der Waals surface area contributed by atoms with Crippen molar-refractivity contribution in [2.75, 3.05) is 6.79 Å². The summed E-state index contributed by atoms with van der Waals surface area (Å²) in [7, 11) is 0. The Morgan fingerprint density at radius 2 is 2.26 bits per heavy atom. The SMILES string of the molecule is CC(=O)OCOc1ccc2c(CC(C)N)c[nH]c2c1. The number of esters is 1. The van der Waals surface area contributed by atoms with E-state index in [-0.39, 0.29) is 18.8 Å². The predicted molar refractivity (Wildman–Crippen MR) is 72.9 cm³/mol. The summed E-state index contributed by atoms with van der Waals surface area (Å²) in [5.74, 6) is 0.295. The van der Waals surface area contributed by atoms with Gasteiger partial charge in [0.05, 0.1) is 0 Å². The predicted octanol–water partition coefficient (Wildman–Crippen LogP) is 1.96. The molecular formula is C14H18N2O3. The minimum atomic E-state index is -0.361. The number of hydrogen-bond donors (Lipinski definition) is 2. The van der Waals surface area contributed by atoms with E-state index in [2.05, 4.69) is 4.98 Å². The maximum atomic E-state index is 10.6. The van der Waals surface area contributed by atoms with Crippen molar-refractivity contribution < 1.29 is 14.3 Å². The summed E-state index contributed by atoms with van der Waals surface area (Å²) in [6.45, 7) is 3.25. The van der Waals surface area contributed by atoms with Crippen LogP contribution in [0.25, 0.3) is 10.9 Å². The molecule has 1 aromatic carbocycles. The van der Waals surface area contributed by atoms with Crippen molar-refractivity contribution in [2.45, 2.75) is 26.3 Å². The monoisotopic (exact) mass is 262 g/mol. The molecule has 0 aliphatic heterocycles. The normalized spacial score (nSPS) is 12.4. The zero-order valence-corrected chi connectivity index (χ0v) is 11.1. The van der Waals surface area contributed by atoms with E-state index in [0.29, 0.717) is 5.75 Å². The van der Waals surface area contributed by atoms with E-state index >= 15 is 0 Å². The molecule has 0 aliphatic carbocycles. The fraction of sp³-hybridized carbons (Fsp3) is 0.357. The molecule has 0 spiro atoms. The number of rotatable bonds is 5. The smallest absolute Gasteiger partial charge is 0.305 e. The van der Waals surface area contributed by atoms with Crippen LogP contribution < -0.4 is 10.5 Å². The highest BCUT2D eigenvalue weighted by molar-refractivity contribution is 5.84. The first kappa shape index (κ1) is 13.4. The van der Waals surface area contributed by atoms with Crippen molar-refractivity contribution in [2.24, 2.45) is 5.73 Å². The van der Waals surface area contributed by atoms with Gasteiger partial charge in [-0.1, -0.05) is 0 Å². The second-order valence-electron chi connectivity index (χ2n) is 4.60. The van der Waals surface area contributed by atoms with Gasteiger partial charge in [0.1, 0.15) is 5.75 Å². The number of ether oxygens (including phenoxy) is 2. The molecule has 5 heteroatoms. The van der Waals surface area contributed by atoms with Crippen LogP contribution in [0.1, 0.15) is 19.4 Å². The lowest BCUT2D eigenvalue weighted by Crippen LogP contribution is -2.17. The van der Waals surface area contributed by atoms with E-state index in [1.807, 2.05) is 31.3 Å². The van der Waals surface area contributed by atoms with E-state index < -0.39 is 0 Å². The molecule has 1 aromatic heterocycles. The molecule has 1 unspecified atom stereocenters. The topological polar surface area (TPSA) is 77.3 Å². The molecular weight excluding hydrogens is 244 g/mol. The van der Waals surface area contributed by atoms with Crippen molar-refractivity contribution in [3.63, 3.8) is 0 Å². The van der Waals surface area contributed by atoms with Crippen molar-refractivity contribution in [3.8, 4) is 5.75 Å². The molecule has 2 aromatic rings.